The number of hydrogen-bond donors (Lipinski definition) is 0. The van der Waals surface area contributed by atoms with Crippen molar-refractivity contribution in [1.29, 1.82) is 0 Å². The molecule has 0 spiro atoms. The first-order valence-corrected chi connectivity index (χ1v) is 13.2. The third-order valence-corrected chi connectivity index (χ3v) is 7.01. The van der Waals surface area contributed by atoms with Gasteiger partial charge >= 0.3 is 17.9 Å². The lowest BCUT2D eigenvalue weighted by Gasteiger charge is -2.44. The molecule has 0 bridgehead atoms. The van der Waals surface area contributed by atoms with Gasteiger partial charge < -0.3 is 18.9 Å². The van der Waals surface area contributed by atoms with Crippen LogP contribution in [0.4, 0.5) is 13.2 Å². The molecule has 1 aromatic carbocycles. The van der Waals surface area contributed by atoms with E-state index in [0.29, 0.717) is 10.0 Å². The number of thioether (sulfide) groups is 1. The van der Waals surface area contributed by atoms with Crippen LogP contribution in [0.15, 0.2) is 41.7 Å². The van der Waals surface area contributed by atoms with Crippen LogP contribution in [-0.2, 0) is 33.3 Å². The molecule has 0 radical (unpaired) electrons. The van der Waals surface area contributed by atoms with Crippen molar-refractivity contribution in [1.82, 2.24) is 20.0 Å². The first-order chi connectivity index (χ1) is 19.4. The van der Waals surface area contributed by atoms with Crippen molar-refractivity contribution in [3.8, 4) is 11.3 Å². The number of carbonyl (C=O) groups excluding carboxylic acids is 3. The first kappa shape index (κ1) is 30.3. The highest BCUT2D eigenvalue weighted by Gasteiger charge is 2.52. The van der Waals surface area contributed by atoms with Gasteiger partial charge in [-0.05, 0) is 24.3 Å². The summed E-state index contributed by atoms with van der Waals surface area (Å²) in [4.78, 5) is 40.2. The van der Waals surface area contributed by atoms with Crippen LogP contribution in [0.25, 0.3) is 11.3 Å². The van der Waals surface area contributed by atoms with Crippen LogP contribution in [0.3, 0.4) is 0 Å². The molecule has 3 unspecified atom stereocenters. The predicted molar refractivity (Wildman–Crippen MR) is 136 cm³/mol. The molecule has 5 atom stereocenters. The maximum absolute atomic E-state index is 13.9. The summed E-state index contributed by atoms with van der Waals surface area (Å²) in [5.74, 6) is -6.65. The smallest absolute Gasteiger partial charge is 0.303 e. The summed E-state index contributed by atoms with van der Waals surface area (Å²) in [6.45, 7) is 3.09. The van der Waals surface area contributed by atoms with Crippen molar-refractivity contribution in [3.05, 3.63) is 59.1 Å². The maximum atomic E-state index is 13.9. The van der Waals surface area contributed by atoms with Gasteiger partial charge in [0.1, 0.15) is 34.9 Å². The van der Waals surface area contributed by atoms with Gasteiger partial charge in [0.25, 0.3) is 0 Å². The van der Waals surface area contributed by atoms with Gasteiger partial charge in [0.2, 0.25) is 0 Å². The number of hydrogen-bond acceptors (Lipinski definition) is 11. The monoisotopic (exact) mass is 614 g/mol. The Hall–Kier alpha value is -3.69. The first-order valence-electron chi connectivity index (χ1n) is 11.9. The van der Waals surface area contributed by atoms with E-state index in [4.69, 9.17) is 30.5 Å². The van der Waals surface area contributed by atoms with Crippen LogP contribution < -0.4 is 0 Å². The summed E-state index contributed by atoms with van der Waals surface area (Å²) in [5.41, 5.74) is -1.26. The minimum Gasteiger partial charge on any atom is -0.463 e. The molecule has 1 aliphatic heterocycles. The highest BCUT2D eigenvalue weighted by atomic mass is 35.5. The van der Waals surface area contributed by atoms with Crippen molar-refractivity contribution in [2.75, 3.05) is 6.61 Å². The van der Waals surface area contributed by atoms with Crippen LogP contribution in [-0.4, -0.2) is 68.2 Å². The number of benzene rings is 1. The quantitative estimate of drug-likeness (QED) is 0.208. The lowest BCUT2D eigenvalue weighted by molar-refractivity contribution is -0.212. The summed E-state index contributed by atoms with van der Waals surface area (Å²) < 4.78 is 65.0. The predicted octanol–water partition coefficient (Wildman–Crippen LogP) is 3.90. The van der Waals surface area contributed by atoms with Crippen LogP contribution in [0.5, 0.6) is 0 Å². The summed E-state index contributed by atoms with van der Waals surface area (Å²) in [5, 5.41) is 8.72. The highest BCUT2D eigenvalue weighted by Crippen LogP contribution is 2.41. The van der Waals surface area contributed by atoms with Crippen molar-refractivity contribution >= 4 is 41.3 Å². The van der Waals surface area contributed by atoms with Gasteiger partial charge in [0.15, 0.2) is 29.7 Å². The van der Waals surface area contributed by atoms with Crippen LogP contribution >= 0.6 is 23.4 Å². The Balaban J connectivity index is 1.82. The van der Waals surface area contributed by atoms with Crippen LogP contribution in [0, 0.1) is 17.5 Å². The summed E-state index contributed by atoms with van der Waals surface area (Å²) >= 11 is 7.12. The zero-order chi connectivity index (χ0) is 29.8. The lowest BCUT2D eigenvalue weighted by atomic mass is 9.96. The number of carbonyl (C=O) groups is 3. The van der Waals surface area contributed by atoms with Gasteiger partial charge in [0, 0.05) is 37.6 Å². The fraction of sp³-hybridized carbons (Fsp3) is 0.360. The van der Waals surface area contributed by atoms with Gasteiger partial charge in [-0.15, -0.1) is 5.10 Å². The molecule has 0 saturated carbocycles. The van der Waals surface area contributed by atoms with Gasteiger partial charge in [-0.3, -0.25) is 14.4 Å². The Morgan fingerprint density at radius 1 is 1.02 bits per heavy atom. The summed E-state index contributed by atoms with van der Waals surface area (Å²) in [6.07, 6.45) is -0.903. The molecule has 3 heterocycles. The minimum atomic E-state index is -1.65. The molecule has 218 valence electrons. The number of ether oxygens (including phenoxy) is 4. The van der Waals surface area contributed by atoms with Crippen molar-refractivity contribution in [3.63, 3.8) is 0 Å². The Bertz CT molecular complexity index is 1440. The largest absolute Gasteiger partial charge is 0.463 e. The van der Waals surface area contributed by atoms with Crippen molar-refractivity contribution in [2.45, 2.75) is 55.6 Å². The average Bonchev–Trinajstić information content (AvgIpc) is 3.37. The van der Waals surface area contributed by atoms with Crippen molar-refractivity contribution < 1.29 is 46.5 Å². The second-order valence-electron chi connectivity index (χ2n) is 8.75. The average molecular weight is 615 g/mol. The van der Waals surface area contributed by atoms with E-state index in [1.807, 2.05) is 0 Å². The lowest BCUT2D eigenvalue weighted by Crippen LogP contribution is -2.57. The second-order valence-corrected chi connectivity index (χ2v) is 10.3. The molecule has 41 heavy (non-hydrogen) atoms. The van der Waals surface area contributed by atoms with E-state index in [9.17, 15) is 27.6 Å². The van der Waals surface area contributed by atoms with Crippen LogP contribution in [0.2, 0.25) is 5.02 Å². The van der Waals surface area contributed by atoms with E-state index in [1.165, 1.54) is 19.3 Å². The number of rotatable bonds is 8. The van der Waals surface area contributed by atoms with E-state index in [1.54, 1.807) is 12.1 Å². The van der Waals surface area contributed by atoms with E-state index < -0.39 is 65.1 Å². The Morgan fingerprint density at radius 3 is 2.29 bits per heavy atom. The molecular formula is C25H22ClF3N4O7S. The SMILES string of the molecule is CC(=O)OCC1O[C@H](Sc2cc(Cl)ccn2)C(OC(C)=O)C(n2cc(-c3cc(F)c(F)c(F)c3)nn2)[C@H]1OC(C)=O. The third-order valence-electron chi connectivity index (χ3n) is 5.70. The highest BCUT2D eigenvalue weighted by molar-refractivity contribution is 7.99. The molecule has 11 nitrogen and oxygen atoms in total. The number of nitrogens with zero attached hydrogens (tertiary/aromatic N) is 4. The van der Waals surface area contributed by atoms with E-state index in [-0.39, 0.29) is 17.9 Å². The molecule has 3 aromatic rings. The van der Waals surface area contributed by atoms with Gasteiger partial charge in [-0.25, -0.2) is 22.8 Å². The van der Waals surface area contributed by atoms with Crippen LogP contribution in [0.1, 0.15) is 26.8 Å². The number of aromatic nitrogens is 4. The number of esters is 3. The maximum Gasteiger partial charge on any atom is 0.303 e. The van der Waals surface area contributed by atoms with Gasteiger partial charge in [-0.1, -0.05) is 28.6 Å². The molecule has 0 amide bonds. The zero-order valence-electron chi connectivity index (χ0n) is 21.6. The zero-order valence-corrected chi connectivity index (χ0v) is 23.2. The van der Waals surface area contributed by atoms with E-state index >= 15 is 0 Å². The van der Waals surface area contributed by atoms with Crippen molar-refractivity contribution in [2.24, 2.45) is 0 Å². The molecular weight excluding hydrogens is 593 g/mol. The number of halogens is 4. The molecule has 16 heteroatoms. The third kappa shape index (κ3) is 7.34. The minimum absolute atomic E-state index is 0.0744. The molecule has 1 fully saturated rings. The molecule has 1 saturated heterocycles. The fourth-order valence-electron chi connectivity index (χ4n) is 4.11. The summed E-state index contributed by atoms with van der Waals surface area (Å²) in [7, 11) is 0. The second kappa shape index (κ2) is 12.9. The molecule has 0 aliphatic carbocycles. The Kier molecular flexibility index (Phi) is 9.50. The Morgan fingerprint density at radius 2 is 1.68 bits per heavy atom. The normalized spacial score (nSPS) is 22.2. The summed E-state index contributed by atoms with van der Waals surface area (Å²) in [6, 6.07) is 3.40. The number of pyridine rings is 1. The molecule has 1 aliphatic rings. The topological polar surface area (TPSA) is 132 Å². The van der Waals surface area contributed by atoms with E-state index in [2.05, 4.69) is 15.3 Å². The van der Waals surface area contributed by atoms with Gasteiger partial charge in [-0.2, -0.15) is 0 Å². The molecule has 4 rings (SSSR count). The molecule has 2 aromatic heterocycles. The van der Waals surface area contributed by atoms with Gasteiger partial charge in [0.05, 0.1) is 6.20 Å². The standard InChI is InChI=1S/C25H22ClF3N4O7S/c1-11(34)37-10-19-23(38-12(2)35)22(33-9-18(31-32-33)14-6-16(27)21(29)17(28)7-14)24(39-13(3)36)25(40-19)41-20-8-15(26)4-5-30-20/h4-9,19,22-25H,10H2,1-3H3/t19?,22?,23-,24?,25+/m0/s1. The van der Waals surface area contributed by atoms with E-state index in [0.717, 1.165) is 42.4 Å². The fourth-order valence-corrected chi connectivity index (χ4v) is 5.43. The molecule has 0 N–H and O–H groups in total. The Labute approximate surface area is 240 Å².